The van der Waals surface area contributed by atoms with Gasteiger partial charge in [-0.2, -0.15) is 0 Å². The van der Waals surface area contributed by atoms with E-state index in [2.05, 4.69) is 9.97 Å². The highest BCUT2D eigenvalue weighted by molar-refractivity contribution is 7.98. The summed E-state index contributed by atoms with van der Waals surface area (Å²) in [6, 6.07) is 0. The van der Waals surface area contributed by atoms with Crippen LogP contribution in [0.5, 0.6) is 0 Å². The molecule has 23 heavy (non-hydrogen) atoms. The van der Waals surface area contributed by atoms with Crippen LogP contribution in [0.4, 0.5) is 0 Å². The van der Waals surface area contributed by atoms with E-state index in [0.717, 1.165) is 4.31 Å². The van der Waals surface area contributed by atoms with Crippen LogP contribution in [0.15, 0.2) is 17.6 Å². The molecule has 1 aromatic heterocycles. The predicted octanol–water partition coefficient (Wildman–Crippen LogP) is -0.477. The molecule has 0 bridgehead atoms. The third-order valence-corrected chi connectivity index (χ3v) is 6.27. The Labute approximate surface area is 140 Å². The Morgan fingerprint density at radius 3 is 2.52 bits per heavy atom. The van der Waals surface area contributed by atoms with Gasteiger partial charge in [0.05, 0.1) is 17.4 Å². The highest BCUT2D eigenvalue weighted by atomic mass is 32.2. The number of aliphatic hydroxyl groups is 1. The van der Waals surface area contributed by atoms with E-state index in [1.54, 1.807) is 0 Å². The maximum absolute atomic E-state index is 12.4. The first-order chi connectivity index (χ1) is 10.7. The summed E-state index contributed by atoms with van der Waals surface area (Å²) in [7, 11) is -0.532. The first-order valence-electron chi connectivity index (χ1n) is 6.98. The highest BCUT2D eigenvalue weighted by Gasteiger charge is 2.37. The molecule has 128 valence electrons. The topological polar surface area (TPSA) is 104 Å². The number of likely N-dealkylation sites (tertiary alicyclic amines) is 1. The number of carbonyl (C=O) groups is 1. The van der Waals surface area contributed by atoms with Gasteiger partial charge in [-0.3, -0.25) is 4.79 Å². The number of aliphatic hydroxyl groups excluding tert-OH is 1. The lowest BCUT2D eigenvalue weighted by atomic mass is 10.1. The molecule has 1 N–H and O–H groups in total. The molecule has 1 fully saturated rings. The molecular formula is C13H20N4O4S2. The molecule has 0 radical (unpaired) electrons. The van der Waals surface area contributed by atoms with Crippen LogP contribution in [0.1, 0.15) is 10.4 Å². The Bertz CT molecular complexity index is 663. The van der Waals surface area contributed by atoms with Gasteiger partial charge in [0, 0.05) is 45.5 Å². The molecule has 0 spiro atoms. The normalized spacial score (nSPS) is 21.9. The monoisotopic (exact) mass is 360 g/mol. The van der Waals surface area contributed by atoms with Gasteiger partial charge in [-0.15, -0.1) is 0 Å². The standard InChI is InChI=1S/C13H20N4O4S2/c1-16(2)23(20,21)8-10-6-17(7-11(10)18)12(19)9-4-14-13(22-3)15-5-9/h4-5,10-11,18H,6-8H2,1-3H3/t10-,11-/m0/s1. The third kappa shape index (κ3) is 4.19. The van der Waals surface area contributed by atoms with Crippen molar-refractivity contribution < 1.29 is 18.3 Å². The summed E-state index contributed by atoms with van der Waals surface area (Å²) in [5.41, 5.74) is 0.325. The summed E-state index contributed by atoms with van der Waals surface area (Å²) in [6.45, 7) is 0.300. The molecule has 1 aliphatic rings. The lowest BCUT2D eigenvalue weighted by molar-refractivity contribution is 0.0763. The number of amides is 1. The van der Waals surface area contributed by atoms with E-state index in [1.165, 1.54) is 43.2 Å². The van der Waals surface area contributed by atoms with Crippen molar-refractivity contribution in [2.75, 3.05) is 39.2 Å². The van der Waals surface area contributed by atoms with Crippen LogP contribution in [0, 0.1) is 5.92 Å². The lowest BCUT2D eigenvalue weighted by Gasteiger charge is -2.18. The van der Waals surface area contributed by atoms with E-state index in [0.29, 0.717) is 10.7 Å². The first-order valence-corrected chi connectivity index (χ1v) is 9.81. The lowest BCUT2D eigenvalue weighted by Crippen LogP contribution is -2.33. The third-order valence-electron chi connectivity index (χ3n) is 3.73. The molecule has 0 aromatic carbocycles. The Kier molecular flexibility index (Phi) is 5.61. The van der Waals surface area contributed by atoms with E-state index < -0.39 is 22.0 Å². The molecule has 10 heteroatoms. The number of hydrogen-bond acceptors (Lipinski definition) is 7. The zero-order valence-corrected chi connectivity index (χ0v) is 14.8. The van der Waals surface area contributed by atoms with Crippen molar-refractivity contribution in [2.24, 2.45) is 5.92 Å². The summed E-state index contributed by atoms with van der Waals surface area (Å²) in [5.74, 6) is -0.994. The Morgan fingerprint density at radius 2 is 2.00 bits per heavy atom. The highest BCUT2D eigenvalue weighted by Crippen LogP contribution is 2.21. The van der Waals surface area contributed by atoms with Gasteiger partial charge in [0.1, 0.15) is 0 Å². The van der Waals surface area contributed by atoms with E-state index in [9.17, 15) is 18.3 Å². The molecule has 0 unspecified atom stereocenters. The molecule has 8 nitrogen and oxygen atoms in total. The number of sulfonamides is 1. The number of aromatic nitrogens is 2. The molecule has 1 amide bonds. The van der Waals surface area contributed by atoms with Crippen LogP contribution >= 0.6 is 11.8 Å². The van der Waals surface area contributed by atoms with Gasteiger partial charge in [0.25, 0.3) is 5.91 Å². The second-order valence-electron chi connectivity index (χ2n) is 5.56. The Balaban J connectivity index is 2.06. The molecule has 1 aliphatic heterocycles. The van der Waals surface area contributed by atoms with Gasteiger partial charge in [-0.1, -0.05) is 11.8 Å². The molecule has 2 heterocycles. The van der Waals surface area contributed by atoms with Crippen LogP contribution in [-0.2, 0) is 10.0 Å². The second-order valence-corrected chi connectivity index (χ2v) is 8.56. The van der Waals surface area contributed by atoms with E-state index in [4.69, 9.17) is 0 Å². The number of thioether (sulfide) groups is 1. The second kappa shape index (κ2) is 7.12. The summed E-state index contributed by atoms with van der Waals surface area (Å²) in [6.07, 6.45) is 3.86. The Hall–Kier alpha value is -1.23. The van der Waals surface area contributed by atoms with Crippen molar-refractivity contribution in [2.45, 2.75) is 11.3 Å². The van der Waals surface area contributed by atoms with Gasteiger partial charge >= 0.3 is 0 Å². The smallest absolute Gasteiger partial charge is 0.257 e. The molecule has 1 saturated heterocycles. The zero-order chi connectivity index (χ0) is 17.2. The van der Waals surface area contributed by atoms with Gasteiger partial charge in [-0.05, 0) is 6.26 Å². The van der Waals surface area contributed by atoms with Crippen LogP contribution in [0.25, 0.3) is 0 Å². The molecular weight excluding hydrogens is 340 g/mol. The minimum atomic E-state index is -3.43. The van der Waals surface area contributed by atoms with E-state index in [1.807, 2.05) is 6.26 Å². The Morgan fingerprint density at radius 1 is 1.39 bits per heavy atom. The van der Waals surface area contributed by atoms with E-state index >= 15 is 0 Å². The summed E-state index contributed by atoms with van der Waals surface area (Å²) in [4.78, 5) is 21.9. The maximum atomic E-state index is 12.4. The summed E-state index contributed by atoms with van der Waals surface area (Å²) < 4.78 is 25.0. The van der Waals surface area contributed by atoms with Gasteiger partial charge < -0.3 is 10.0 Å². The van der Waals surface area contributed by atoms with E-state index in [-0.39, 0.29) is 24.7 Å². The number of hydrogen-bond donors (Lipinski definition) is 1. The van der Waals surface area contributed by atoms with Gasteiger partial charge in [0.15, 0.2) is 5.16 Å². The SMILES string of the molecule is CSc1ncc(C(=O)N2C[C@@H](CS(=O)(=O)N(C)C)[C@@H](O)C2)cn1. The van der Waals surface area contributed by atoms with Crippen molar-refractivity contribution in [3.63, 3.8) is 0 Å². The zero-order valence-electron chi connectivity index (χ0n) is 13.2. The van der Waals surface area contributed by atoms with Crippen LogP contribution in [-0.4, -0.2) is 83.9 Å². The van der Waals surface area contributed by atoms with Gasteiger partial charge in [0.2, 0.25) is 10.0 Å². The molecule has 1 aromatic rings. The maximum Gasteiger partial charge on any atom is 0.257 e. The number of β-amino-alcohol motifs (C(OH)–C–C–N with tert-alkyl or cyclic N) is 1. The van der Waals surface area contributed by atoms with Crippen molar-refractivity contribution in [1.82, 2.24) is 19.2 Å². The van der Waals surface area contributed by atoms with Gasteiger partial charge in [-0.25, -0.2) is 22.7 Å². The number of carbonyl (C=O) groups excluding carboxylic acids is 1. The number of rotatable bonds is 5. The van der Waals surface area contributed by atoms with Crippen molar-refractivity contribution in [1.29, 1.82) is 0 Å². The van der Waals surface area contributed by atoms with Crippen molar-refractivity contribution in [3.8, 4) is 0 Å². The number of nitrogens with zero attached hydrogens (tertiary/aromatic N) is 4. The fourth-order valence-corrected chi connectivity index (χ4v) is 3.80. The molecule has 0 aliphatic carbocycles. The molecule has 2 rings (SSSR count). The summed E-state index contributed by atoms with van der Waals surface area (Å²) >= 11 is 1.37. The fourth-order valence-electron chi connectivity index (χ4n) is 2.32. The van der Waals surface area contributed by atoms with Crippen LogP contribution in [0.3, 0.4) is 0 Å². The minimum absolute atomic E-state index is 0.108. The first kappa shape index (κ1) is 18.1. The molecule has 2 atom stereocenters. The minimum Gasteiger partial charge on any atom is -0.391 e. The van der Waals surface area contributed by atoms with Crippen LogP contribution < -0.4 is 0 Å². The average molecular weight is 360 g/mol. The van der Waals surface area contributed by atoms with Crippen molar-refractivity contribution >= 4 is 27.7 Å². The quantitative estimate of drug-likeness (QED) is 0.559. The largest absolute Gasteiger partial charge is 0.391 e. The summed E-state index contributed by atoms with van der Waals surface area (Å²) in [5, 5.41) is 10.6. The average Bonchev–Trinajstić information content (AvgIpc) is 2.87. The van der Waals surface area contributed by atoms with Crippen molar-refractivity contribution in [3.05, 3.63) is 18.0 Å². The predicted molar refractivity (Wildman–Crippen MR) is 86.7 cm³/mol. The van der Waals surface area contributed by atoms with Crippen LogP contribution in [0.2, 0.25) is 0 Å². The fraction of sp³-hybridized carbons (Fsp3) is 0.615. The molecule has 0 saturated carbocycles.